The van der Waals surface area contributed by atoms with Crippen LogP contribution in [0.15, 0.2) is 24.3 Å². The molecule has 0 radical (unpaired) electrons. The zero-order valence-corrected chi connectivity index (χ0v) is 14.4. The molecule has 21 heavy (non-hydrogen) atoms. The van der Waals surface area contributed by atoms with Crippen molar-refractivity contribution in [3.05, 3.63) is 29.8 Å². The van der Waals surface area contributed by atoms with Crippen LogP contribution >= 0.6 is 0 Å². The summed E-state index contributed by atoms with van der Waals surface area (Å²) in [5.41, 5.74) is 9.50. The van der Waals surface area contributed by atoms with Crippen molar-refractivity contribution in [1.29, 1.82) is 0 Å². The van der Waals surface area contributed by atoms with Gasteiger partial charge in [-0.25, -0.2) is 0 Å². The van der Waals surface area contributed by atoms with Gasteiger partial charge in [0.25, 0.3) is 0 Å². The minimum atomic E-state index is 0.357. The highest BCUT2D eigenvalue weighted by atomic mass is 15.1. The smallest absolute Gasteiger partial charge is 0.0393 e. The molecule has 0 saturated heterocycles. The first-order valence-electron chi connectivity index (χ1n) is 8.31. The Labute approximate surface area is 130 Å². The Bertz CT molecular complexity index is 461. The lowest BCUT2D eigenvalue weighted by Crippen LogP contribution is -2.44. The third-order valence-corrected chi connectivity index (χ3v) is 5.30. The second-order valence-electron chi connectivity index (χ2n) is 7.97. The van der Waals surface area contributed by atoms with Crippen molar-refractivity contribution in [3.63, 3.8) is 0 Å². The summed E-state index contributed by atoms with van der Waals surface area (Å²) in [4.78, 5) is 2.39. The van der Waals surface area contributed by atoms with Gasteiger partial charge in [0.2, 0.25) is 0 Å². The predicted molar refractivity (Wildman–Crippen MR) is 92.7 cm³/mol. The van der Waals surface area contributed by atoms with E-state index in [0.29, 0.717) is 17.4 Å². The standard InChI is InChI=1S/C19H32N2/c1-14-8-6-7-9-18(14)21(5)13-15-12-16(19(2,3)4)10-11-17(15)20/h6-9,15-17H,10-13,20H2,1-5H3. The van der Waals surface area contributed by atoms with Crippen LogP contribution in [-0.2, 0) is 0 Å². The summed E-state index contributed by atoms with van der Waals surface area (Å²) in [6.45, 7) is 10.4. The van der Waals surface area contributed by atoms with E-state index >= 15 is 0 Å². The molecular formula is C19H32N2. The summed E-state index contributed by atoms with van der Waals surface area (Å²) < 4.78 is 0. The summed E-state index contributed by atoms with van der Waals surface area (Å²) in [5.74, 6) is 1.40. The molecule has 0 amide bonds. The fourth-order valence-corrected chi connectivity index (χ4v) is 3.73. The van der Waals surface area contributed by atoms with Crippen LogP contribution in [0, 0.1) is 24.2 Å². The topological polar surface area (TPSA) is 29.3 Å². The number of nitrogens with zero attached hydrogens (tertiary/aromatic N) is 1. The molecule has 1 aliphatic rings. The molecule has 3 atom stereocenters. The minimum Gasteiger partial charge on any atom is -0.374 e. The normalized spacial score (nSPS) is 26.7. The maximum Gasteiger partial charge on any atom is 0.0393 e. The average molecular weight is 288 g/mol. The summed E-state index contributed by atoms with van der Waals surface area (Å²) in [6.07, 6.45) is 3.73. The Morgan fingerprint density at radius 1 is 1.19 bits per heavy atom. The molecular weight excluding hydrogens is 256 g/mol. The van der Waals surface area contributed by atoms with E-state index in [1.54, 1.807) is 0 Å². The SMILES string of the molecule is Cc1ccccc1N(C)CC1CC(C(C)(C)C)CCC1N. The molecule has 1 fully saturated rings. The van der Waals surface area contributed by atoms with Crippen molar-refractivity contribution in [3.8, 4) is 0 Å². The Morgan fingerprint density at radius 2 is 1.86 bits per heavy atom. The quantitative estimate of drug-likeness (QED) is 0.902. The molecule has 0 aliphatic heterocycles. The summed E-state index contributed by atoms with van der Waals surface area (Å²) >= 11 is 0. The lowest BCUT2D eigenvalue weighted by Gasteiger charge is -2.42. The third-order valence-electron chi connectivity index (χ3n) is 5.30. The van der Waals surface area contributed by atoms with Gasteiger partial charge >= 0.3 is 0 Å². The van der Waals surface area contributed by atoms with Crippen LogP contribution in [0.1, 0.15) is 45.6 Å². The van der Waals surface area contributed by atoms with Gasteiger partial charge in [-0.05, 0) is 55.1 Å². The monoisotopic (exact) mass is 288 g/mol. The summed E-state index contributed by atoms with van der Waals surface area (Å²) in [7, 11) is 2.20. The Balaban J connectivity index is 2.05. The van der Waals surface area contributed by atoms with E-state index < -0.39 is 0 Å². The molecule has 0 spiro atoms. The molecule has 1 aliphatic carbocycles. The Morgan fingerprint density at radius 3 is 2.48 bits per heavy atom. The van der Waals surface area contributed by atoms with E-state index in [1.165, 1.54) is 30.5 Å². The second kappa shape index (κ2) is 6.39. The molecule has 1 aromatic carbocycles. The maximum absolute atomic E-state index is 6.42. The van der Waals surface area contributed by atoms with Gasteiger partial charge in [-0.3, -0.25) is 0 Å². The number of benzene rings is 1. The number of anilines is 1. The first-order chi connectivity index (χ1) is 9.79. The van der Waals surface area contributed by atoms with Crippen molar-refractivity contribution in [2.24, 2.45) is 23.0 Å². The molecule has 1 aromatic rings. The van der Waals surface area contributed by atoms with E-state index in [0.717, 1.165) is 12.5 Å². The van der Waals surface area contributed by atoms with Gasteiger partial charge in [0, 0.05) is 25.3 Å². The van der Waals surface area contributed by atoms with Gasteiger partial charge in [-0.2, -0.15) is 0 Å². The molecule has 1 saturated carbocycles. The van der Waals surface area contributed by atoms with E-state index in [-0.39, 0.29) is 0 Å². The van der Waals surface area contributed by atoms with Crippen molar-refractivity contribution < 1.29 is 0 Å². The molecule has 118 valence electrons. The van der Waals surface area contributed by atoms with E-state index in [4.69, 9.17) is 5.73 Å². The minimum absolute atomic E-state index is 0.357. The van der Waals surface area contributed by atoms with Crippen LogP contribution in [0.25, 0.3) is 0 Å². The first-order valence-corrected chi connectivity index (χ1v) is 8.31. The van der Waals surface area contributed by atoms with Gasteiger partial charge in [0.1, 0.15) is 0 Å². The van der Waals surface area contributed by atoms with Crippen LogP contribution in [0.3, 0.4) is 0 Å². The molecule has 0 bridgehead atoms. The lowest BCUT2D eigenvalue weighted by molar-refractivity contribution is 0.129. The van der Waals surface area contributed by atoms with Gasteiger partial charge < -0.3 is 10.6 Å². The van der Waals surface area contributed by atoms with Crippen LogP contribution in [0.2, 0.25) is 0 Å². The number of hydrogen-bond donors (Lipinski definition) is 1. The molecule has 0 aromatic heterocycles. The van der Waals surface area contributed by atoms with E-state index in [2.05, 4.69) is 63.9 Å². The molecule has 2 rings (SSSR count). The fourth-order valence-electron chi connectivity index (χ4n) is 3.73. The van der Waals surface area contributed by atoms with Gasteiger partial charge in [0.05, 0.1) is 0 Å². The van der Waals surface area contributed by atoms with Gasteiger partial charge in [0.15, 0.2) is 0 Å². The summed E-state index contributed by atoms with van der Waals surface area (Å²) in [6, 6.07) is 8.98. The zero-order chi connectivity index (χ0) is 15.6. The predicted octanol–water partition coefficient (Wildman–Crippen LogP) is 4.22. The third kappa shape index (κ3) is 4.00. The number of hydrogen-bond acceptors (Lipinski definition) is 2. The van der Waals surface area contributed by atoms with Crippen molar-refractivity contribution in [1.82, 2.24) is 0 Å². The second-order valence-corrected chi connectivity index (χ2v) is 7.97. The number of rotatable bonds is 3. The number of aryl methyl sites for hydroxylation is 1. The highest BCUT2D eigenvalue weighted by molar-refractivity contribution is 5.52. The molecule has 2 N–H and O–H groups in total. The first kappa shape index (κ1) is 16.4. The summed E-state index contributed by atoms with van der Waals surface area (Å²) in [5, 5.41) is 0. The molecule has 0 heterocycles. The highest BCUT2D eigenvalue weighted by Crippen LogP contribution is 2.40. The zero-order valence-electron chi connectivity index (χ0n) is 14.4. The van der Waals surface area contributed by atoms with Crippen LogP contribution in [0.5, 0.6) is 0 Å². The number of para-hydroxylation sites is 1. The molecule has 3 unspecified atom stereocenters. The van der Waals surface area contributed by atoms with Crippen LogP contribution in [0.4, 0.5) is 5.69 Å². The lowest BCUT2D eigenvalue weighted by atomic mass is 9.67. The number of nitrogens with two attached hydrogens (primary N) is 1. The maximum atomic E-state index is 6.42. The van der Waals surface area contributed by atoms with Crippen LogP contribution in [-0.4, -0.2) is 19.6 Å². The van der Waals surface area contributed by atoms with Crippen molar-refractivity contribution in [2.75, 3.05) is 18.5 Å². The van der Waals surface area contributed by atoms with E-state index in [9.17, 15) is 0 Å². The van der Waals surface area contributed by atoms with Crippen molar-refractivity contribution >= 4 is 5.69 Å². The molecule has 2 nitrogen and oxygen atoms in total. The van der Waals surface area contributed by atoms with Gasteiger partial charge in [-0.1, -0.05) is 39.0 Å². The fraction of sp³-hybridized carbons (Fsp3) is 0.684. The average Bonchev–Trinajstić information content (AvgIpc) is 2.40. The molecule has 2 heteroatoms. The van der Waals surface area contributed by atoms with Crippen molar-refractivity contribution in [2.45, 2.75) is 53.0 Å². The highest BCUT2D eigenvalue weighted by Gasteiger charge is 2.34. The Kier molecular flexibility index (Phi) is 4.98. The van der Waals surface area contributed by atoms with Crippen LogP contribution < -0.4 is 10.6 Å². The largest absolute Gasteiger partial charge is 0.374 e. The van der Waals surface area contributed by atoms with E-state index in [1.807, 2.05) is 0 Å². The Hall–Kier alpha value is -1.02. The van der Waals surface area contributed by atoms with Gasteiger partial charge in [-0.15, -0.1) is 0 Å².